The summed E-state index contributed by atoms with van der Waals surface area (Å²) in [5, 5.41) is 0.572. The Hall–Kier alpha value is -0.630. The Kier molecular flexibility index (Phi) is 5.65. The van der Waals surface area contributed by atoms with E-state index < -0.39 is 10.0 Å². The molecule has 0 aliphatic heterocycles. The molecule has 1 aromatic rings. The van der Waals surface area contributed by atoms with Gasteiger partial charge in [0.2, 0.25) is 10.0 Å². The topological polar surface area (TPSA) is 72.2 Å². The van der Waals surface area contributed by atoms with Crippen LogP contribution in [0.2, 0.25) is 0 Å². The van der Waals surface area contributed by atoms with Gasteiger partial charge >= 0.3 is 0 Å². The molecule has 0 aromatic heterocycles. The molecular formula is C14H20N2O2S3. The standard InChI is InChI=1S/C14H20N2O2S3/c1-20-13-7-6-12(8-13)16-21(17,18)9-10-2-4-11(5-3-10)14(15)19/h2-5,12-13,16H,6-9H2,1H3,(H2,15,19). The molecule has 2 unspecified atom stereocenters. The van der Waals surface area contributed by atoms with Crippen molar-refractivity contribution >= 4 is 39.0 Å². The zero-order valence-electron chi connectivity index (χ0n) is 11.9. The maximum absolute atomic E-state index is 12.2. The van der Waals surface area contributed by atoms with Gasteiger partial charge in [-0.25, -0.2) is 13.1 Å². The molecule has 1 aliphatic rings. The van der Waals surface area contributed by atoms with Crippen molar-refractivity contribution < 1.29 is 8.42 Å². The van der Waals surface area contributed by atoms with Gasteiger partial charge in [-0.3, -0.25) is 0 Å². The first-order chi connectivity index (χ1) is 9.89. The Balaban J connectivity index is 1.96. The van der Waals surface area contributed by atoms with Crippen LogP contribution in [0, 0.1) is 0 Å². The Morgan fingerprint density at radius 3 is 2.57 bits per heavy atom. The van der Waals surface area contributed by atoms with E-state index in [9.17, 15) is 8.42 Å². The van der Waals surface area contributed by atoms with E-state index in [1.54, 1.807) is 24.3 Å². The molecule has 0 bridgehead atoms. The lowest BCUT2D eigenvalue weighted by Gasteiger charge is -2.13. The van der Waals surface area contributed by atoms with E-state index in [0.29, 0.717) is 10.2 Å². The molecule has 0 amide bonds. The monoisotopic (exact) mass is 344 g/mol. The van der Waals surface area contributed by atoms with Crippen LogP contribution in [-0.4, -0.2) is 31.0 Å². The van der Waals surface area contributed by atoms with Gasteiger partial charge in [0.05, 0.1) is 5.75 Å². The first-order valence-corrected chi connectivity index (χ1v) is 10.2. The van der Waals surface area contributed by atoms with E-state index in [0.717, 1.165) is 30.4 Å². The van der Waals surface area contributed by atoms with Gasteiger partial charge in [-0.2, -0.15) is 11.8 Å². The highest BCUT2D eigenvalue weighted by molar-refractivity contribution is 7.99. The Labute approximate surface area is 135 Å². The Bertz CT molecular complexity index is 599. The summed E-state index contributed by atoms with van der Waals surface area (Å²) in [4.78, 5) is 0.316. The fourth-order valence-electron chi connectivity index (χ4n) is 2.54. The first-order valence-electron chi connectivity index (χ1n) is 6.81. The number of nitrogens with two attached hydrogens (primary N) is 1. The summed E-state index contributed by atoms with van der Waals surface area (Å²) in [6.07, 6.45) is 4.99. The van der Waals surface area contributed by atoms with E-state index in [2.05, 4.69) is 11.0 Å². The number of thiocarbonyl (C=S) groups is 1. The maximum Gasteiger partial charge on any atom is 0.216 e. The summed E-state index contributed by atoms with van der Waals surface area (Å²) in [6, 6.07) is 7.10. The minimum Gasteiger partial charge on any atom is -0.389 e. The van der Waals surface area contributed by atoms with E-state index in [-0.39, 0.29) is 11.8 Å². The fourth-order valence-corrected chi connectivity index (χ4v) is 4.91. The van der Waals surface area contributed by atoms with Crippen LogP contribution >= 0.6 is 24.0 Å². The highest BCUT2D eigenvalue weighted by atomic mass is 32.2. The number of nitrogens with one attached hydrogen (secondary N) is 1. The molecule has 2 atom stereocenters. The van der Waals surface area contributed by atoms with Gasteiger partial charge in [-0.1, -0.05) is 36.5 Å². The van der Waals surface area contributed by atoms with Crippen molar-refractivity contribution in [1.82, 2.24) is 4.72 Å². The molecule has 1 fully saturated rings. The van der Waals surface area contributed by atoms with Crippen LogP contribution in [0.4, 0.5) is 0 Å². The van der Waals surface area contributed by atoms with Crippen molar-refractivity contribution in [2.24, 2.45) is 5.73 Å². The number of hydrogen-bond acceptors (Lipinski definition) is 4. The van der Waals surface area contributed by atoms with Crippen LogP contribution in [0.3, 0.4) is 0 Å². The summed E-state index contributed by atoms with van der Waals surface area (Å²) in [5.74, 6) is -0.00888. The lowest BCUT2D eigenvalue weighted by Crippen LogP contribution is -2.34. The summed E-state index contributed by atoms with van der Waals surface area (Å²) in [7, 11) is -3.31. The van der Waals surface area contributed by atoms with Crippen LogP contribution in [0.15, 0.2) is 24.3 Å². The Morgan fingerprint density at radius 1 is 1.38 bits per heavy atom. The molecule has 1 saturated carbocycles. The molecule has 0 radical (unpaired) electrons. The van der Waals surface area contributed by atoms with Crippen LogP contribution in [0.1, 0.15) is 30.4 Å². The molecule has 0 spiro atoms. The van der Waals surface area contributed by atoms with Gasteiger partial charge in [0.1, 0.15) is 4.99 Å². The summed E-state index contributed by atoms with van der Waals surface area (Å²) in [6.45, 7) is 0. The Morgan fingerprint density at radius 2 is 2.05 bits per heavy atom. The summed E-state index contributed by atoms with van der Waals surface area (Å²) < 4.78 is 27.2. The molecule has 7 heteroatoms. The first kappa shape index (κ1) is 16.7. The van der Waals surface area contributed by atoms with E-state index >= 15 is 0 Å². The molecule has 4 nitrogen and oxygen atoms in total. The van der Waals surface area contributed by atoms with Crippen molar-refractivity contribution in [3.63, 3.8) is 0 Å². The predicted octanol–water partition coefficient (Wildman–Crippen LogP) is 2.02. The van der Waals surface area contributed by atoms with E-state index in [1.165, 1.54) is 0 Å². The van der Waals surface area contributed by atoms with E-state index in [4.69, 9.17) is 18.0 Å². The molecule has 3 N–H and O–H groups in total. The molecule has 2 rings (SSSR count). The normalized spacial score (nSPS) is 22.3. The third-order valence-corrected chi connectivity index (χ3v) is 6.40. The lowest BCUT2D eigenvalue weighted by atomic mass is 10.1. The highest BCUT2D eigenvalue weighted by Crippen LogP contribution is 2.28. The number of rotatable bonds is 6. The third kappa shape index (κ3) is 4.95. The predicted molar refractivity (Wildman–Crippen MR) is 93.0 cm³/mol. The van der Waals surface area contributed by atoms with Crippen molar-refractivity contribution in [2.75, 3.05) is 6.26 Å². The van der Waals surface area contributed by atoms with Gasteiger partial charge < -0.3 is 5.73 Å². The van der Waals surface area contributed by atoms with Crippen molar-refractivity contribution in [1.29, 1.82) is 0 Å². The minimum atomic E-state index is -3.31. The lowest BCUT2D eigenvalue weighted by molar-refractivity contribution is 0.552. The van der Waals surface area contributed by atoms with Crippen LogP contribution in [0.25, 0.3) is 0 Å². The molecule has 1 aliphatic carbocycles. The number of benzene rings is 1. The quantitative estimate of drug-likeness (QED) is 0.773. The molecule has 0 saturated heterocycles. The van der Waals surface area contributed by atoms with Crippen LogP contribution < -0.4 is 10.5 Å². The van der Waals surface area contributed by atoms with Crippen LogP contribution in [-0.2, 0) is 15.8 Å². The van der Waals surface area contributed by atoms with Gasteiger partial charge in [0, 0.05) is 16.9 Å². The molecular weight excluding hydrogens is 324 g/mol. The number of hydrogen-bond donors (Lipinski definition) is 2. The zero-order chi connectivity index (χ0) is 15.5. The molecule has 21 heavy (non-hydrogen) atoms. The zero-order valence-corrected chi connectivity index (χ0v) is 14.4. The third-order valence-electron chi connectivity index (χ3n) is 3.66. The maximum atomic E-state index is 12.2. The second-order valence-corrected chi connectivity index (χ2v) is 8.64. The van der Waals surface area contributed by atoms with Gasteiger partial charge in [-0.15, -0.1) is 0 Å². The average molecular weight is 345 g/mol. The smallest absolute Gasteiger partial charge is 0.216 e. The fraction of sp³-hybridized carbons (Fsp3) is 0.500. The van der Waals surface area contributed by atoms with Crippen molar-refractivity contribution in [3.05, 3.63) is 35.4 Å². The molecule has 116 valence electrons. The second kappa shape index (κ2) is 7.09. The van der Waals surface area contributed by atoms with E-state index in [1.807, 2.05) is 11.8 Å². The second-order valence-electron chi connectivity index (χ2n) is 5.31. The summed E-state index contributed by atoms with van der Waals surface area (Å²) in [5.41, 5.74) is 7.01. The van der Waals surface area contributed by atoms with Gasteiger partial charge in [0.25, 0.3) is 0 Å². The van der Waals surface area contributed by atoms with Gasteiger partial charge in [-0.05, 0) is 31.1 Å². The molecule has 0 heterocycles. The van der Waals surface area contributed by atoms with Crippen molar-refractivity contribution in [2.45, 2.75) is 36.3 Å². The number of sulfonamides is 1. The number of thioether (sulfide) groups is 1. The summed E-state index contributed by atoms with van der Waals surface area (Å²) >= 11 is 6.69. The van der Waals surface area contributed by atoms with Gasteiger partial charge in [0.15, 0.2) is 0 Å². The largest absolute Gasteiger partial charge is 0.389 e. The SMILES string of the molecule is CSC1CCC(NS(=O)(=O)Cc2ccc(C(N)=S)cc2)C1. The van der Waals surface area contributed by atoms with Crippen LogP contribution in [0.5, 0.6) is 0 Å². The minimum absolute atomic E-state index is 0.00888. The highest BCUT2D eigenvalue weighted by Gasteiger charge is 2.27. The molecule has 1 aromatic carbocycles. The van der Waals surface area contributed by atoms with Crippen molar-refractivity contribution in [3.8, 4) is 0 Å². The average Bonchev–Trinajstić information content (AvgIpc) is 2.85.